The molecule has 19 heavy (non-hydrogen) atoms. The molecule has 5 nitrogen and oxygen atoms in total. The van der Waals surface area contributed by atoms with Crippen LogP contribution in [0.3, 0.4) is 0 Å². The number of carboxylic acids is 1. The second-order valence-corrected chi connectivity index (χ2v) is 5.38. The fraction of sp³-hybridized carbons (Fsp3) is 0.643. The predicted octanol–water partition coefficient (Wildman–Crippen LogP) is 1.65. The molecule has 0 aliphatic carbocycles. The zero-order chi connectivity index (χ0) is 13.8. The van der Waals surface area contributed by atoms with Crippen LogP contribution in [0.25, 0.3) is 0 Å². The molecular formula is C14H22N2O3. The van der Waals surface area contributed by atoms with Crippen LogP contribution in [-0.2, 0) is 11.3 Å². The number of aliphatic carboxylic acids is 1. The lowest BCUT2D eigenvalue weighted by Gasteiger charge is -2.43. The van der Waals surface area contributed by atoms with Gasteiger partial charge in [0, 0.05) is 31.6 Å². The third-order valence-electron chi connectivity index (χ3n) is 3.87. The van der Waals surface area contributed by atoms with E-state index in [2.05, 4.69) is 23.8 Å². The van der Waals surface area contributed by atoms with E-state index in [-0.39, 0.29) is 6.42 Å². The Morgan fingerprint density at radius 3 is 2.95 bits per heavy atom. The molecule has 2 rings (SSSR count). The molecule has 2 heterocycles. The van der Waals surface area contributed by atoms with E-state index in [1.165, 1.54) is 0 Å². The number of rotatable bonds is 5. The third kappa shape index (κ3) is 3.81. The van der Waals surface area contributed by atoms with Crippen molar-refractivity contribution in [2.75, 3.05) is 20.1 Å². The van der Waals surface area contributed by atoms with Gasteiger partial charge in [0.15, 0.2) is 0 Å². The lowest BCUT2D eigenvalue weighted by molar-refractivity contribution is -0.137. The Labute approximate surface area is 113 Å². The first-order valence-corrected chi connectivity index (χ1v) is 6.74. The fourth-order valence-corrected chi connectivity index (χ4v) is 2.70. The monoisotopic (exact) mass is 266 g/mol. The molecule has 5 heteroatoms. The number of nitrogens with zero attached hydrogens (tertiary/aromatic N) is 2. The molecule has 0 spiro atoms. The molecule has 0 saturated carbocycles. The van der Waals surface area contributed by atoms with Crippen molar-refractivity contribution in [3.05, 3.63) is 24.2 Å². The van der Waals surface area contributed by atoms with Crippen molar-refractivity contribution >= 4 is 5.97 Å². The van der Waals surface area contributed by atoms with Crippen molar-refractivity contribution in [2.45, 2.75) is 38.4 Å². The molecule has 1 N–H and O–H groups in total. The largest absolute Gasteiger partial charge is 0.481 e. The smallest absolute Gasteiger partial charge is 0.303 e. The summed E-state index contributed by atoms with van der Waals surface area (Å²) in [5.41, 5.74) is 0. The molecule has 1 aliphatic heterocycles. The highest BCUT2D eigenvalue weighted by molar-refractivity contribution is 5.66. The Hall–Kier alpha value is -1.33. The van der Waals surface area contributed by atoms with Crippen molar-refractivity contribution in [2.24, 2.45) is 0 Å². The summed E-state index contributed by atoms with van der Waals surface area (Å²) in [6.45, 7) is 4.86. The van der Waals surface area contributed by atoms with Gasteiger partial charge < -0.3 is 14.4 Å². The van der Waals surface area contributed by atoms with Gasteiger partial charge in [0.2, 0.25) is 0 Å². The summed E-state index contributed by atoms with van der Waals surface area (Å²) in [6.07, 6.45) is 2.63. The quantitative estimate of drug-likeness (QED) is 0.878. The minimum Gasteiger partial charge on any atom is -0.481 e. The van der Waals surface area contributed by atoms with Gasteiger partial charge in [-0.25, -0.2) is 0 Å². The zero-order valence-electron chi connectivity index (χ0n) is 11.6. The molecule has 1 aromatic heterocycles. The summed E-state index contributed by atoms with van der Waals surface area (Å²) in [7, 11) is 2.08. The topological polar surface area (TPSA) is 56.9 Å². The standard InChI is InChI=1S/C14H22N2O3/c1-11-8-15(2)12(5-6-14(17)18)9-16(11)10-13-4-3-7-19-13/h3-4,7,11-12H,5-6,8-10H2,1-2H3,(H,17,18). The molecule has 0 radical (unpaired) electrons. The first-order chi connectivity index (χ1) is 9.06. The first kappa shape index (κ1) is 14.1. The fourth-order valence-electron chi connectivity index (χ4n) is 2.70. The van der Waals surface area contributed by atoms with E-state index in [9.17, 15) is 4.79 Å². The number of likely N-dealkylation sites (N-methyl/N-ethyl adjacent to an activating group) is 1. The van der Waals surface area contributed by atoms with E-state index in [0.29, 0.717) is 18.5 Å². The minimum absolute atomic E-state index is 0.234. The van der Waals surface area contributed by atoms with Gasteiger partial charge in [-0.15, -0.1) is 0 Å². The number of hydrogen-bond donors (Lipinski definition) is 1. The number of hydrogen-bond acceptors (Lipinski definition) is 4. The molecule has 0 amide bonds. The van der Waals surface area contributed by atoms with Crippen LogP contribution in [0, 0.1) is 0 Å². The van der Waals surface area contributed by atoms with Gasteiger partial charge in [0.1, 0.15) is 5.76 Å². The molecule has 1 aliphatic rings. The minimum atomic E-state index is -0.718. The van der Waals surface area contributed by atoms with Gasteiger partial charge >= 0.3 is 5.97 Å². The second kappa shape index (κ2) is 6.21. The molecule has 0 bridgehead atoms. The number of piperazine rings is 1. The first-order valence-electron chi connectivity index (χ1n) is 6.74. The highest BCUT2D eigenvalue weighted by atomic mass is 16.4. The van der Waals surface area contributed by atoms with Crippen molar-refractivity contribution < 1.29 is 14.3 Å². The Morgan fingerprint density at radius 1 is 1.53 bits per heavy atom. The number of carboxylic acid groups (broad SMARTS) is 1. The Kier molecular flexibility index (Phi) is 4.61. The van der Waals surface area contributed by atoms with E-state index < -0.39 is 5.97 Å². The molecule has 1 fully saturated rings. The molecule has 1 aromatic rings. The van der Waals surface area contributed by atoms with E-state index in [1.807, 2.05) is 12.1 Å². The van der Waals surface area contributed by atoms with Crippen LogP contribution in [0.5, 0.6) is 0 Å². The van der Waals surface area contributed by atoms with Crippen molar-refractivity contribution in [3.8, 4) is 0 Å². The average molecular weight is 266 g/mol. The van der Waals surface area contributed by atoms with E-state index in [4.69, 9.17) is 9.52 Å². The Bertz CT molecular complexity index is 405. The molecule has 1 saturated heterocycles. The van der Waals surface area contributed by atoms with Crippen LogP contribution >= 0.6 is 0 Å². The third-order valence-corrected chi connectivity index (χ3v) is 3.87. The second-order valence-electron chi connectivity index (χ2n) is 5.38. The maximum Gasteiger partial charge on any atom is 0.303 e. The molecule has 106 valence electrons. The van der Waals surface area contributed by atoms with Crippen LogP contribution in [0.1, 0.15) is 25.5 Å². The van der Waals surface area contributed by atoms with Crippen molar-refractivity contribution in [1.29, 1.82) is 0 Å². The van der Waals surface area contributed by atoms with Gasteiger partial charge in [-0.1, -0.05) is 0 Å². The Balaban J connectivity index is 1.93. The number of carbonyl (C=O) groups is 1. The summed E-state index contributed by atoms with van der Waals surface area (Å²) < 4.78 is 5.40. The molecular weight excluding hydrogens is 244 g/mol. The van der Waals surface area contributed by atoms with Crippen LogP contribution in [-0.4, -0.2) is 53.1 Å². The van der Waals surface area contributed by atoms with Crippen LogP contribution in [0.2, 0.25) is 0 Å². The normalized spacial score (nSPS) is 25.6. The summed E-state index contributed by atoms with van der Waals surface area (Å²) in [5.74, 6) is 0.248. The molecule has 2 unspecified atom stereocenters. The summed E-state index contributed by atoms with van der Waals surface area (Å²) in [6, 6.07) is 4.65. The summed E-state index contributed by atoms with van der Waals surface area (Å²) >= 11 is 0. The lowest BCUT2D eigenvalue weighted by Crippen LogP contribution is -2.55. The highest BCUT2D eigenvalue weighted by Crippen LogP contribution is 2.19. The van der Waals surface area contributed by atoms with Gasteiger partial charge in [-0.2, -0.15) is 0 Å². The van der Waals surface area contributed by atoms with Crippen LogP contribution in [0.4, 0.5) is 0 Å². The summed E-state index contributed by atoms with van der Waals surface area (Å²) in [5, 5.41) is 8.81. The molecule has 0 aromatic carbocycles. The van der Waals surface area contributed by atoms with E-state index >= 15 is 0 Å². The number of furan rings is 1. The zero-order valence-corrected chi connectivity index (χ0v) is 11.6. The van der Waals surface area contributed by atoms with Crippen molar-refractivity contribution in [3.63, 3.8) is 0 Å². The highest BCUT2D eigenvalue weighted by Gasteiger charge is 2.29. The van der Waals surface area contributed by atoms with Gasteiger partial charge in [-0.3, -0.25) is 9.69 Å². The van der Waals surface area contributed by atoms with Crippen molar-refractivity contribution in [1.82, 2.24) is 9.80 Å². The van der Waals surface area contributed by atoms with E-state index in [0.717, 1.165) is 25.4 Å². The Morgan fingerprint density at radius 2 is 2.32 bits per heavy atom. The molecule has 2 atom stereocenters. The van der Waals surface area contributed by atoms with Gasteiger partial charge in [-0.05, 0) is 32.5 Å². The SMILES string of the molecule is CC1CN(C)C(CCC(=O)O)CN1Cc1ccco1. The van der Waals surface area contributed by atoms with Gasteiger partial charge in [0.25, 0.3) is 0 Å². The lowest BCUT2D eigenvalue weighted by atomic mass is 10.0. The summed E-state index contributed by atoms with van der Waals surface area (Å²) in [4.78, 5) is 15.3. The van der Waals surface area contributed by atoms with Crippen LogP contribution in [0.15, 0.2) is 22.8 Å². The predicted molar refractivity (Wildman–Crippen MR) is 71.9 cm³/mol. The van der Waals surface area contributed by atoms with E-state index in [1.54, 1.807) is 6.26 Å². The van der Waals surface area contributed by atoms with Gasteiger partial charge in [0.05, 0.1) is 12.8 Å². The maximum atomic E-state index is 10.7. The average Bonchev–Trinajstić information content (AvgIpc) is 2.83. The maximum absolute atomic E-state index is 10.7. The van der Waals surface area contributed by atoms with Crippen LogP contribution < -0.4 is 0 Å².